The normalized spacial score (nSPS) is 19.8. The van der Waals surface area contributed by atoms with Crippen molar-refractivity contribution in [2.75, 3.05) is 19.7 Å². The number of nitrogens with two attached hydrogens (primary N) is 1. The molecule has 0 unspecified atom stereocenters. The number of rotatable bonds is 5. The Balaban J connectivity index is 1.80. The molecule has 1 aliphatic rings. The average Bonchev–Trinajstić information content (AvgIpc) is 2.49. The molecule has 4 heteroatoms. The molecule has 4 nitrogen and oxygen atoms in total. The Hall–Kier alpha value is -1.55. The molecule has 0 radical (unpaired) electrons. The van der Waals surface area contributed by atoms with Gasteiger partial charge in [-0.25, -0.2) is 0 Å². The highest BCUT2D eigenvalue weighted by Gasteiger charge is 2.25. The molecule has 1 heterocycles. The fourth-order valence-electron chi connectivity index (χ4n) is 3.03. The van der Waals surface area contributed by atoms with Gasteiger partial charge in [0.25, 0.3) is 0 Å². The van der Waals surface area contributed by atoms with Crippen LogP contribution in [0.5, 0.6) is 5.75 Å². The van der Waals surface area contributed by atoms with Crippen LogP contribution in [-0.4, -0.2) is 36.5 Å². The summed E-state index contributed by atoms with van der Waals surface area (Å²) in [6, 6.07) is 6.25. The van der Waals surface area contributed by atoms with E-state index in [1.807, 2.05) is 30.9 Å². The van der Waals surface area contributed by atoms with Crippen LogP contribution in [0.1, 0.15) is 37.3 Å². The van der Waals surface area contributed by atoms with Gasteiger partial charge in [0.05, 0.1) is 13.0 Å². The molecule has 0 bridgehead atoms. The lowest BCUT2D eigenvalue weighted by molar-refractivity contribution is -0.133. The summed E-state index contributed by atoms with van der Waals surface area (Å²) in [5.41, 5.74) is 8.30. The quantitative estimate of drug-likeness (QED) is 0.910. The minimum atomic E-state index is 0.155. The van der Waals surface area contributed by atoms with Crippen molar-refractivity contribution in [3.05, 3.63) is 29.3 Å². The second-order valence-electron chi connectivity index (χ2n) is 6.47. The Morgan fingerprint density at radius 1 is 1.45 bits per heavy atom. The monoisotopic (exact) mass is 304 g/mol. The van der Waals surface area contributed by atoms with Crippen molar-refractivity contribution in [1.82, 2.24) is 4.90 Å². The fraction of sp³-hybridized carbons (Fsp3) is 0.611. The van der Waals surface area contributed by atoms with Gasteiger partial charge in [-0.3, -0.25) is 4.79 Å². The largest absolute Gasteiger partial charge is 0.493 e. The maximum absolute atomic E-state index is 12.3. The van der Waals surface area contributed by atoms with E-state index in [1.54, 1.807) is 0 Å². The molecule has 0 saturated carbocycles. The van der Waals surface area contributed by atoms with Gasteiger partial charge < -0.3 is 15.4 Å². The highest BCUT2D eigenvalue weighted by molar-refractivity contribution is 5.76. The lowest BCUT2D eigenvalue weighted by Gasteiger charge is -2.34. The molecule has 22 heavy (non-hydrogen) atoms. The molecule has 1 saturated heterocycles. The Bertz CT molecular complexity index is 514. The van der Waals surface area contributed by atoms with E-state index >= 15 is 0 Å². The van der Waals surface area contributed by atoms with Gasteiger partial charge in [0.1, 0.15) is 5.75 Å². The molecular weight excluding hydrogens is 276 g/mol. The van der Waals surface area contributed by atoms with Gasteiger partial charge in [-0.2, -0.15) is 0 Å². The molecule has 0 aliphatic carbocycles. The van der Waals surface area contributed by atoms with Crippen LogP contribution < -0.4 is 10.5 Å². The summed E-state index contributed by atoms with van der Waals surface area (Å²) in [5.74, 6) is 1.47. The van der Waals surface area contributed by atoms with E-state index in [4.69, 9.17) is 10.5 Å². The molecule has 0 spiro atoms. The first kappa shape index (κ1) is 16.8. The number of ether oxygens (including phenoxy) is 1. The summed E-state index contributed by atoms with van der Waals surface area (Å²) < 4.78 is 5.76. The molecule has 1 aliphatic heterocycles. The number of hydrogen-bond acceptors (Lipinski definition) is 3. The number of amides is 1. The first-order valence-corrected chi connectivity index (χ1v) is 8.21. The third kappa shape index (κ3) is 4.47. The van der Waals surface area contributed by atoms with Crippen LogP contribution in [0.3, 0.4) is 0 Å². The number of carbonyl (C=O) groups excluding carboxylic acids is 1. The van der Waals surface area contributed by atoms with E-state index in [2.05, 4.69) is 13.0 Å². The first-order chi connectivity index (χ1) is 10.5. The molecule has 0 aromatic heterocycles. The van der Waals surface area contributed by atoms with Crippen molar-refractivity contribution in [2.24, 2.45) is 11.7 Å². The zero-order chi connectivity index (χ0) is 16.1. The van der Waals surface area contributed by atoms with Gasteiger partial charge in [-0.1, -0.05) is 17.7 Å². The van der Waals surface area contributed by atoms with Crippen LogP contribution in [0.15, 0.2) is 18.2 Å². The third-order valence-electron chi connectivity index (χ3n) is 4.46. The average molecular weight is 304 g/mol. The molecule has 1 aromatic rings. The van der Waals surface area contributed by atoms with E-state index in [-0.39, 0.29) is 11.9 Å². The summed E-state index contributed by atoms with van der Waals surface area (Å²) in [7, 11) is 0. The lowest BCUT2D eigenvalue weighted by Crippen LogP contribution is -2.45. The van der Waals surface area contributed by atoms with E-state index in [0.29, 0.717) is 18.9 Å². The van der Waals surface area contributed by atoms with Gasteiger partial charge in [0, 0.05) is 19.1 Å². The van der Waals surface area contributed by atoms with Crippen LogP contribution in [0.25, 0.3) is 0 Å². The van der Waals surface area contributed by atoms with Crippen LogP contribution in [0, 0.1) is 19.8 Å². The van der Waals surface area contributed by atoms with E-state index in [0.717, 1.165) is 37.2 Å². The lowest BCUT2D eigenvalue weighted by atomic mass is 9.92. The molecule has 2 N–H and O–H groups in total. The number of hydrogen-bond donors (Lipinski definition) is 1. The van der Waals surface area contributed by atoms with E-state index in [9.17, 15) is 4.79 Å². The minimum absolute atomic E-state index is 0.155. The van der Waals surface area contributed by atoms with Crippen molar-refractivity contribution in [3.8, 4) is 5.75 Å². The zero-order valence-corrected chi connectivity index (χ0v) is 14.0. The second-order valence-corrected chi connectivity index (χ2v) is 6.47. The van der Waals surface area contributed by atoms with Gasteiger partial charge in [-0.15, -0.1) is 0 Å². The molecule has 122 valence electrons. The molecule has 1 amide bonds. The predicted octanol–water partition coefficient (Wildman–Crippen LogP) is 2.66. The number of benzene rings is 1. The highest BCUT2D eigenvalue weighted by atomic mass is 16.5. The topological polar surface area (TPSA) is 55.6 Å². The maximum Gasteiger partial charge on any atom is 0.226 e. The highest BCUT2D eigenvalue weighted by Crippen LogP contribution is 2.21. The van der Waals surface area contributed by atoms with Crippen molar-refractivity contribution in [3.63, 3.8) is 0 Å². The number of carbonyl (C=O) groups is 1. The number of piperidine rings is 1. The molecule has 2 atom stereocenters. The Labute approximate surface area is 133 Å². The van der Waals surface area contributed by atoms with Crippen LogP contribution in [0.4, 0.5) is 0 Å². The van der Waals surface area contributed by atoms with Gasteiger partial charge in [-0.05, 0) is 51.2 Å². The van der Waals surface area contributed by atoms with Crippen molar-refractivity contribution in [1.29, 1.82) is 0 Å². The van der Waals surface area contributed by atoms with Gasteiger partial charge in [0.15, 0.2) is 0 Å². The first-order valence-electron chi connectivity index (χ1n) is 8.21. The zero-order valence-electron chi connectivity index (χ0n) is 14.0. The number of likely N-dealkylation sites (tertiary alicyclic amines) is 1. The van der Waals surface area contributed by atoms with Gasteiger partial charge >= 0.3 is 0 Å². The summed E-state index contributed by atoms with van der Waals surface area (Å²) in [4.78, 5) is 14.2. The van der Waals surface area contributed by atoms with Gasteiger partial charge in [0.2, 0.25) is 5.91 Å². The smallest absolute Gasteiger partial charge is 0.226 e. The van der Waals surface area contributed by atoms with Crippen LogP contribution >= 0.6 is 0 Å². The second kappa shape index (κ2) is 7.63. The summed E-state index contributed by atoms with van der Waals surface area (Å²) in [5, 5.41) is 0. The van der Waals surface area contributed by atoms with E-state index in [1.165, 1.54) is 5.56 Å². The maximum atomic E-state index is 12.3. The summed E-state index contributed by atoms with van der Waals surface area (Å²) in [6.07, 6.45) is 2.61. The predicted molar refractivity (Wildman–Crippen MR) is 89.0 cm³/mol. The number of aryl methyl sites for hydroxylation is 2. The molecule has 2 rings (SSSR count). The SMILES string of the molecule is Cc1ccc(OCCC(=O)N2CCC[C@@H]([C@H](C)N)C2)c(C)c1. The van der Waals surface area contributed by atoms with Crippen LogP contribution in [-0.2, 0) is 4.79 Å². The molecule has 1 aromatic carbocycles. The Kier molecular flexibility index (Phi) is 5.83. The summed E-state index contributed by atoms with van der Waals surface area (Å²) in [6.45, 7) is 8.20. The van der Waals surface area contributed by atoms with Crippen LogP contribution in [0.2, 0.25) is 0 Å². The number of nitrogens with zero attached hydrogens (tertiary/aromatic N) is 1. The van der Waals surface area contributed by atoms with Crippen molar-refractivity contribution in [2.45, 2.75) is 46.1 Å². The van der Waals surface area contributed by atoms with E-state index < -0.39 is 0 Å². The standard InChI is InChI=1S/C18H28N2O2/c1-13-6-7-17(14(2)11-13)22-10-8-18(21)20-9-4-5-16(12-20)15(3)19/h6-7,11,15-16H,4-5,8-10,12,19H2,1-3H3/t15-,16+/m0/s1. The van der Waals surface area contributed by atoms with Crippen molar-refractivity contribution < 1.29 is 9.53 Å². The Morgan fingerprint density at radius 2 is 2.23 bits per heavy atom. The third-order valence-corrected chi connectivity index (χ3v) is 4.46. The molecular formula is C18H28N2O2. The summed E-state index contributed by atoms with van der Waals surface area (Å²) >= 11 is 0. The molecule has 1 fully saturated rings. The Morgan fingerprint density at radius 3 is 2.91 bits per heavy atom. The van der Waals surface area contributed by atoms with Crippen molar-refractivity contribution >= 4 is 5.91 Å². The fourth-order valence-corrected chi connectivity index (χ4v) is 3.03. The minimum Gasteiger partial charge on any atom is -0.493 e.